The number of aromatic nitrogens is 2. The monoisotopic (exact) mass is 417 g/mol. The van der Waals surface area contributed by atoms with E-state index in [1.165, 1.54) is 6.08 Å². The molecule has 3 aromatic rings. The summed E-state index contributed by atoms with van der Waals surface area (Å²) in [5.74, 6) is -0.898. The molecule has 6 nitrogen and oxygen atoms in total. The molecule has 0 radical (unpaired) electrons. The van der Waals surface area contributed by atoms with Crippen LogP contribution in [0.25, 0.3) is 17.3 Å². The molecule has 0 bridgehead atoms. The minimum Gasteiger partial charge on any atom is -0.449 e. The Morgan fingerprint density at radius 2 is 1.84 bits per heavy atom. The predicted molar refractivity (Wildman–Crippen MR) is 121 cm³/mol. The van der Waals surface area contributed by atoms with Crippen LogP contribution in [-0.4, -0.2) is 34.3 Å². The number of nitrogens with one attached hydrogen (secondary N) is 1. The van der Waals surface area contributed by atoms with Crippen molar-refractivity contribution in [1.82, 2.24) is 15.1 Å². The summed E-state index contributed by atoms with van der Waals surface area (Å²) < 4.78 is 7.04. The first-order valence-electron chi connectivity index (χ1n) is 10.3. The van der Waals surface area contributed by atoms with Gasteiger partial charge in [0.2, 0.25) is 0 Å². The largest absolute Gasteiger partial charge is 0.449 e. The van der Waals surface area contributed by atoms with E-state index in [1.807, 2.05) is 79.3 Å². The number of likely N-dealkylation sites (N-methyl/N-ethyl adjacent to an activating group) is 1. The van der Waals surface area contributed by atoms with Crippen LogP contribution in [0.1, 0.15) is 30.5 Å². The van der Waals surface area contributed by atoms with Crippen molar-refractivity contribution in [3.63, 3.8) is 0 Å². The highest BCUT2D eigenvalue weighted by Gasteiger charge is 2.16. The number of hydrogen-bond acceptors (Lipinski definition) is 4. The lowest BCUT2D eigenvalue weighted by molar-refractivity contribution is -0.150. The van der Waals surface area contributed by atoms with Gasteiger partial charge in [0.05, 0.1) is 12.2 Å². The third-order valence-corrected chi connectivity index (χ3v) is 4.71. The van der Waals surface area contributed by atoms with Crippen LogP contribution in [0, 0.1) is 6.92 Å². The molecule has 0 aliphatic rings. The van der Waals surface area contributed by atoms with Crippen molar-refractivity contribution in [3.8, 4) is 11.3 Å². The number of hydrogen-bond donors (Lipinski definition) is 1. The van der Waals surface area contributed by atoms with Crippen LogP contribution < -0.4 is 5.32 Å². The molecule has 1 heterocycles. The topological polar surface area (TPSA) is 73.2 Å². The molecule has 1 aromatic heterocycles. The summed E-state index contributed by atoms with van der Waals surface area (Å²) in [7, 11) is 0. The van der Waals surface area contributed by atoms with Crippen molar-refractivity contribution in [2.24, 2.45) is 0 Å². The van der Waals surface area contributed by atoms with Gasteiger partial charge in [-0.3, -0.25) is 9.48 Å². The maximum absolute atomic E-state index is 12.2. The molecule has 6 heteroatoms. The van der Waals surface area contributed by atoms with Gasteiger partial charge < -0.3 is 10.1 Å². The summed E-state index contributed by atoms with van der Waals surface area (Å²) in [6.45, 7) is 6.49. The molecule has 2 aromatic carbocycles. The van der Waals surface area contributed by atoms with Crippen molar-refractivity contribution in [3.05, 3.63) is 83.6 Å². The maximum atomic E-state index is 12.2. The Labute approximate surface area is 182 Å². The Morgan fingerprint density at radius 1 is 1.13 bits per heavy atom. The molecule has 31 heavy (non-hydrogen) atoms. The molecule has 0 unspecified atom stereocenters. The van der Waals surface area contributed by atoms with Crippen molar-refractivity contribution in [1.29, 1.82) is 0 Å². The lowest BCUT2D eigenvalue weighted by atomic mass is 10.1. The molecule has 1 N–H and O–H groups in total. The van der Waals surface area contributed by atoms with E-state index in [0.29, 0.717) is 13.1 Å². The van der Waals surface area contributed by atoms with Crippen molar-refractivity contribution in [2.45, 2.75) is 33.4 Å². The zero-order chi connectivity index (χ0) is 22.2. The molecule has 0 aliphatic heterocycles. The first-order valence-corrected chi connectivity index (χ1v) is 10.3. The Bertz CT molecular complexity index is 1050. The number of amides is 1. The molecule has 0 fully saturated rings. The highest BCUT2D eigenvalue weighted by atomic mass is 16.5. The van der Waals surface area contributed by atoms with Gasteiger partial charge in [0.25, 0.3) is 5.91 Å². The minimum absolute atomic E-state index is 0.319. The summed E-state index contributed by atoms with van der Waals surface area (Å²) >= 11 is 0. The zero-order valence-electron chi connectivity index (χ0n) is 18.0. The van der Waals surface area contributed by atoms with E-state index in [4.69, 9.17) is 9.84 Å². The number of rotatable bonds is 8. The molecule has 0 saturated carbocycles. The van der Waals surface area contributed by atoms with Crippen LogP contribution in [0.5, 0.6) is 0 Å². The predicted octanol–water partition coefficient (Wildman–Crippen LogP) is 3.99. The highest BCUT2D eigenvalue weighted by molar-refractivity contribution is 5.91. The summed E-state index contributed by atoms with van der Waals surface area (Å²) in [6.07, 6.45) is 4.06. The first-order chi connectivity index (χ1) is 15.0. The van der Waals surface area contributed by atoms with E-state index < -0.39 is 12.1 Å². The summed E-state index contributed by atoms with van der Waals surface area (Å²) in [4.78, 5) is 24.0. The fourth-order valence-corrected chi connectivity index (χ4v) is 3.09. The van der Waals surface area contributed by atoms with Gasteiger partial charge in [0, 0.05) is 29.9 Å². The van der Waals surface area contributed by atoms with Gasteiger partial charge >= 0.3 is 5.97 Å². The fraction of sp³-hybridized carbons (Fsp3) is 0.240. The van der Waals surface area contributed by atoms with Gasteiger partial charge in [-0.05, 0) is 32.4 Å². The molecule has 1 amide bonds. The normalized spacial score (nSPS) is 12.0. The van der Waals surface area contributed by atoms with E-state index in [9.17, 15) is 9.59 Å². The number of carbonyl (C=O) groups is 2. The Balaban J connectivity index is 1.83. The second-order valence-electron chi connectivity index (χ2n) is 7.29. The van der Waals surface area contributed by atoms with E-state index in [-0.39, 0.29) is 5.91 Å². The van der Waals surface area contributed by atoms with E-state index in [2.05, 4.69) is 5.32 Å². The van der Waals surface area contributed by atoms with Gasteiger partial charge in [0.1, 0.15) is 0 Å². The first kappa shape index (κ1) is 22.0. The van der Waals surface area contributed by atoms with Crippen LogP contribution in [0.15, 0.2) is 66.9 Å². The molecule has 3 rings (SSSR count). The van der Waals surface area contributed by atoms with Crippen molar-refractivity contribution >= 4 is 18.0 Å². The van der Waals surface area contributed by atoms with Gasteiger partial charge in [-0.15, -0.1) is 0 Å². The summed E-state index contributed by atoms with van der Waals surface area (Å²) in [5, 5.41) is 7.38. The van der Waals surface area contributed by atoms with Gasteiger partial charge in [0.15, 0.2) is 6.10 Å². The Kier molecular flexibility index (Phi) is 7.38. The molecule has 0 saturated heterocycles. The smallest absolute Gasteiger partial charge is 0.331 e. The number of carbonyl (C=O) groups excluding carboxylic acids is 2. The average molecular weight is 418 g/mol. The molecule has 1 atom stereocenters. The van der Waals surface area contributed by atoms with Gasteiger partial charge in [-0.25, -0.2) is 4.79 Å². The highest BCUT2D eigenvalue weighted by Crippen LogP contribution is 2.24. The Morgan fingerprint density at radius 3 is 2.52 bits per heavy atom. The number of aryl methyl sites for hydroxylation is 1. The third-order valence-electron chi connectivity index (χ3n) is 4.71. The molecule has 160 valence electrons. The molecular formula is C25H27N3O3. The van der Waals surface area contributed by atoms with Crippen LogP contribution >= 0.6 is 0 Å². The van der Waals surface area contributed by atoms with E-state index >= 15 is 0 Å². The second kappa shape index (κ2) is 10.4. The molecule has 0 spiro atoms. The maximum Gasteiger partial charge on any atom is 0.331 e. The summed E-state index contributed by atoms with van der Waals surface area (Å²) in [6, 6.07) is 18.1. The lowest BCUT2D eigenvalue weighted by Gasteiger charge is -2.10. The summed E-state index contributed by atoms with van der Waals surface area (Å²) in [5.41, 5.74) is 4.82. The van der Waals surface area contributed by atoms with Gasteiger partial charge in [-0.2, -0.15) is 5.10 Å². The molecular weight excluding hydrogens is 390 g/mol. The number of ether oxygens (including phenoxy) is 1. The lowest BCUT2D eigenvalue weighted by Crippen LogP contribution is -2.35. The zero-order valence-corrected chi connectivity index (χ0v) is 18.0. The van der Waals surface area contributed by atoms with Crippen LogP contribution in [0.4, 0.5) is 0 Å². The number of benzene rings is 2. The quantitative estimate of drug-likeness (QED) is 0.444. The SMILES string of the molecule is CCNC(=O)[C@H](C)OC(=O)/C=C/c1cn(Cc2ccccc2)nc1-c1ccc(C)cc1. The van der Waals surface area contributed by atoms with Crippen LogP contribution in [0.3, 0.4) is 0 Å². The Hall–Kier alpha value is -3.67. The van der Waals surface area contributed by atoms with Crippen LogP contribution in [-0.2, 0) is 20.9 Å². The van der Waals surface area contributed by atoms with E-state index in [0.717, 1.165) is 27.9 Å². The number of nitrogens with zero attached hydrogens (tertiary/aromatic N) is 2. The van der Waals surface area contributed by atoms with Crippen molar-refractivity contribution in [2.75, 3.05) is 6.54 Å². The van der Waals surface area contributed by atoms with Crippen LogP contribution in [0.2, 0.25) is 0 Å². The number of esters is 1. The van der Waals surface area contributed by atoms with Gasteiger partial charge in [-0.1, -0.05) is 60.2 Å². The standard InChI is InChI=1S/C25H27N3O3/c1-4-26-25(30)19(3)31-23(29)15-14-22-17-28(16-20-8-6-5-7-9-20)27-24(22)21-12-10-18(2)11-13-21/h5-15,17,19H,4,16H2,1-3H3,(H,26,30)/b15-14+/t19-/m0/s1. The van der Waals surface area contributed by atoms with Crippen molar-refractivity contribution < 1.29 is 14.3 Å². The minimum atomic E-state index is -0.852. The van der Waals surface area contributed by atoms with E-state index in [1.54, 1.807) is 13.0 Å². The third kappa shape index (κ3) is 6.15. The average Bonchev–Trinajstić information content (AvgIpc) is 3.16. The fourth-order valence-electron chi connectivity index (χ4n) is 3.09. The second-order valence-corrected chi connectivity index (χ2v) is 7.29. The molecule has 0 aliphatic carbocycles.